The highest BCUT2D eigenvalue weighted by Gasteiger charge is 2.26. The average Bonchev–Trinajstić information content (AvgIpc) is 3.37. The zero-order valence-electron chi connectivity index (χ0n) is 17.5. The highest BCUT2D eigenvalue weighted by Crippen LogP contribution is 2.45. The molecule has 4 aromatic rings. The molecule has 166 valence electrons. The fraction of sp³-hybridized carbons (Fsp3) is 0.318. The largest absolute Gasteiger partial charge is 0.383 e. The van der Waals surface area contributed by atoms with E-state index in [2.05, 4.69) is 26.8 Å². The molecule has 0 saturated heterocycles. The van der Waals surface area contributed by atoms with Crippen molar-refractivity contribution < 1.29 is 9.13 Å². The lowest BCUT2D eigenvalue weighted by Crippen LogP contribution is -2.23. The molecule has 0 radical (unpaired) electrons. The van der Waals surface area contributed by atoms with Gasteiger partial charge in [0.15, 0.2) is 0 Å². The molecule has 0 unspecified atom stereocenters. The Balaban J connectivity index is 1.44. The van der Waals surface area contributed by atoms with Crippen molar-refractivity contribution in [3.8, 4) is 10.4 Å². The number of nitrogens with one attached hydrogen (secondary N) is 2. The Morgan fingerprint density at radius 1 is 1.25 bits per heavy atom. The number of thiophene rings is 1. The van der Waals surface area contributed by atoms with E-state index in [0.717, 1.165) is 48.4 Å². The normalized spacial score (nSPS) is 12.7. The molecular formula is C22H22ClFN6OS. The van der Waals surface area contributed by atoms with Crippen molar-refractivity contribution in [2.45, 2.75) is 19.4 Å². The predicted octanol–water partition coefficient (Wildman–Crippen LogP) is 4.43. The molecule has 5 rings (SSSR count). The van der Waals surface area contributed by atoms with Gasteiger partial charge in [0.2, 0.25) is 0 Å². The van der Waals surface area contributed by atoms with E-state index in [0.29, 0.717) is 18.1 Å². The van der Waals surface area contributed by atoms with E-state index in [1.807, 2.05) is 4.68 Å². The first-order chi connectivity index (χ1) is 15.6. The van der Waals surface area contributed by atoms with Crippen molar-refractivity contribution in [3.05, 3.63) is 52.8 Å². The van der Waals surface area contributed by atoms with Gasteiger partial charge in [-0.25, -0.2) is 14.4 Å². The van der Waals surface area contributed by atoms with Crippen LogP contribution in [0.5, 0.6) is 0 Å². The van der Waals surface area contributed by atoms with Crippen LogP contribution in [0.3, 0.4) is 0 Å². The molecule has 0 saturated carbocycles. The van der Waals surface area contributed by atoms with Crippen molar-refractivity contribution in [2.75, 3.05) is 32.1 Å². The summed E-state index contributed by atoms with van der Waals surface area (Å²) in [7, 11) is 1.70. The Labute approximate surface area is 193 Å². The summed E-state index contributed by atoms with van der Waals surface area (Å²) in [6.45, 7) is 3.16. The second kappa shape index (κ2) is 9.11. The molecule has 7 nitrogen and oxygen atoms in total. The Morgan fingerprint density at radius 2 is 2.16 bits per heavy atom. The second-order valence-corrected chi connectivity index (χ2v) is 8.97. The predicted molar refractivity (Wildman–Crippen MR) is 125 cm³/mol. The molecule has 32 heavy (non-hydrogen) atoms. The molecule has 1 aromatic carbocycles. The van der Waals surface area contributed by atoms with Crippen LogP contribution < -0.4 is 10.6 Å². The molecule has 0 aliphatic heterocycles. The monoisotopic (exact) mass is 472 g/mol. The summed E-state index contributed by atoms with van der Waals surface area (Å²) in [5.74, 6) is 0.254. The van der Waals surface area contributed by atoms with Gasteiger partial charge in [-0.1, -0.05) is 11.6 Å². The Kier molecular flexibility index (Phi) is 6.05. The highest BCUT2D eigenvalue weighted by atomic mass is 35.5. The molecule has 3 heterocycles. The van der Waals surface area contributed by atoms with E-state index in [-0.39, 0.29) is 5.02 Å². The number of nitrogens with zero attached hydrogens (tertiary/aromatic N) is 4. The first-order valence-electron chi connectivity index (χ1n) is 10.4. The molecule has 0 spiro atoms. The van der Waals surface area contributed by atoms with Crippen LogP contribution in [0.4, 0.5) is 15.9 Å². The first kappa shape index (κ1) is 21.3. The van der Waals surface area contributed by atoms with Gasteiger partial charge in [-0.05, 0) is 36.6 Å². The van der Waals surface area contributed by atoms with Crippen LogP contribution in [-0.2, 0) is 24.1 Å². The van der Waals surface area contributed by atoms with Crippen molar-refractivity contribution in [3.63, 3.8) is 0 Å². The molecule has 1 aliphatic rings. The molecule has 0 bridgehead atoms. The average molecular weight is 473 g/mol. The third-order valence-electron chi connectivity index (χ3n) is 5.46. The number of hydrogen-bond acceptors (Lipinski definition) is 7. The summed E-state index contributed by atoms with van der Waals surface area (Å²) in [5, 5.41) is 12.5. The third-order valence-corrected chi connectivity index (χ3v) is 6.93. The van der Waals surface area contributed by atoms with Crippen LogP contribution in [-0.4, -0.2) is 46.6 Å². The van der Waals surface area contributed by atoms with Gasteiger partial charge in [0.05, 0.1) is 29.3 Å². The number of benzene rings is 1. The third kappa shape index (κ3) is 4.09. The fourth-order valence-electron chi connectivity index (χ4n) is 3.94. The lowest BCUT2D eigenvalue weighted by Gasteiger charge is -2.12. The Morgan fingerprint density at radius 3 is 3.00 bits per heavy atom. The fourth-order valence-corrected chi connectivity index (χ4v) is 5.34. The SMILES string of the molecule is COCCNCCn1cc2c(n1)CCc1c-2sc2ncnc(Nc3ccc(F)c(Cl)c3)c12. The van der Waals surface area contributed by atoms with Gasteiger partial charge in [-0.2, -0.15) is 5.10 Å². The van der Waals surface area contributed by atoms with E-state index in [9.17, 15) is 4.39 Å². The van der Waals surface area contributed by atoms with Crippen LogP contribution in [0.2, 0.25) is 5.02 Å². The number of halogens is 2. The lowest BCUT2D eigenvalue weighted by molar-refractivity contribution is 0.199. The van der Waals surface area contributed by atoms with Gasteiger partial charge in [0.1, 0.15) is 22.8 Å². The topological polar surface area (TPSA) is 76.9 Å². The quantitative estimate of drug-likeness (QED) is 0.369. The number of hydrogen-bond donors (Lipinski definition) is 2. The Bertz CT molecular complexity index is 1270. The van der Waals surface area contributed by atoms with Crippen LogP contribution >= 0.6 is 22.9 Å². The number of aryl methyl sites for hydroxylation is 2. The molecule has 10 heteroatoms. The molecule has 0 fully saturated rings. The maximum absolute atomic E-state index is 13.5. The highest BCUT2D eigenvalue weighted by molar-refractivity contribution is 7.22. The van der Waals surface area contributed by atoms with Crippen molar-refractivity contribution >= 4 is 44.7 Å². The maximum Gasteiger partial charge on any atom is 0.142 e. The molecule has 3 aromatic heterocycles. The zero-order chi connectivity index (χ0) is 22.1. The summed E-state index contributed by atoms with van der Waals surface area (Å²) in [6.07, 6.45) is 5.42. The minimum atomic E-state index is -0.448. The summed E-state index contributed by atoms with van der Waals surface area (Å²) < 4.78 is 20.6. The summed E-state index contributed by atoms with van der Waals surface area (Å²) in [5.41, 5.74) is 4.20. The molecular weight excluding hydrogens is 451 g/mol. The molecule has 2 N–H and O–H groups in total. The van der Waals surface area contributed by atoms with E-state index in [4.69, 9.17) is 21.4 Å². The van der Waals surface area contributed by atoms with Gasteiger partial charge < -0.3 is 15.4 Å². The van der Waals surface area contributed by atoms with Crippen LogP contribution in [0.25, 0.3) is 20.7 Å². The smallest absolute Gasteiger partial charge is 0.142 e. The Hall–Kier alpha value is -2.59. The number of fused-ring (bicyclic) bond motifs is 5. The maximum atomic E-state index is 13.5. The first-order valence-corrected chi connectivity index (χ1v) is 11.6. The van der Waals surface area contributed by atoms with Crippen LogP contribution in [0.1, 0.15) is 11.3 Å². The van der Waals surface area contributed by atoms with Crippen molar-refractivity contribution in [1.29, 1.82) is 0 Å². The number of methoxy groups -OCH3 is 1. The summed E-state index contributed by atoms with van der Waals surface area (Å²) >= 11 is 7.60. The number of anilines is 2. The number of rotatable bonds is 8. The van der Waals surface area contributed by atoms with Crippen molar-refractivity contribution in [2.24, 2.45) is 0 Å². The standard InChI is InChI=1S/C22H22ClFN6OS/c1-31-9-7-25-6-8-30-11-15-18(29-30)5-3-14-19-21(26-12-27-22(19)32-20(14)15)28-13-2-4-17(24)16(23)10-13/h2,4,10-12,25H,3,5-9H2,1H3,(H,26,27,28). The summed E-state index contributed by atoms with van der Waals surface area (Å²) in [6, 6.07) is 4.56. The molecule has 1 aliphatic carbocycles. The summed E-state index contributed by atoms with van der Waals surface area (Å²) in [4.78, 5) is 11.1. The number of aromatic nitrogens is 4. The van der Waals surface area contributed by atoms with Crippen molar-refractivity contribution in [1.82, 2.24) is 25.1 Å². The number of ether oxygens (including phenoxy) is 1. The minimum Gasteiger partial charge on any atom is -0.383 e. The van der Waals surface area contributed by atoms with Gasteiger partial charge in [0, 0.05) is 42.5 Å². The van der Waals surface area contributed by atoms with E-state index in [1.165, 1.54) is 22.1 Å². The van der Waals surface area contributed by atoms with E-state index in [1.54, 1.807) is 36.9 Å². The minimum absolute atomic E-state index is 0.0708. The van der Waals surface area contributed by atoms with Crippen LogP contribution in [0.15, 0.2) is 30.7 Å². The van der Waals surface area contributed by atoms with Gasteiger partial charge in [-0.3, -0.25) is 4.68 Å². The van der Waals surface area contributed by atoms with Gasteiger partial charge in [0.25, 0.3) is 0 Å². The molecule has 0 amide bonds. The van der Waals surface area contributed by atoms with Crippen LogP contribution in [0, 0.1) is 5.82 Å². The van der Waals surface area contributed by atoms with Gasteiger partial charge in [-0.15, -0.1) is 11.3 Å². The molecule has 0 atom stereocenters. The van der Waals surface area contributed by atoms with Gasteiger partial charge >= 0.3 is 0 Å². The second-order valence-electron chi connectivity index (χ2n) is 7.56. The lowest BCUT2D eigenvalue weighted by atomic mass is 9.95. The van der Waals surface area contributed by atoms with E-state index < -0.39 is 5.82 Å². The zero-order valence-corrected chi connectivity index (χ0v) is 19.1. The van der Waals surface area contributed by atoms with E-state index >= 15 is 0 Å².